The van der Waals surface area contributed by atoms with Crippen LogP contribution in [-0.2, 0) is 20.2 Å². The van der Waals surface area contributed by atoms with Gasteiger partial charge in [-0.3, -0.25) is 4.79 Å². The smallest absolute Gasteiger partial charge is 0.234 e. The van der Waals surface area contributed by atoms with Gasteiger partial charge in [-0.15, -0.1) is 5.10 Å². The van der Waals surface area contributed by atoms with Crippen LogP contribution in [0.3, 0.4) is 0 Å². The van der Waals surface area contributed by atoms with E-state index in [1.165, 1.54) is 21.2 Å². The van der Waals surface area contributed by atoms with Crippen LogP contribution in [0.2, 0.25) is 0 Å². The van der Waals surface area contributed by atoms with Gasteiger partial charge in [0.15, 0.2) is 17.2 Å². The van der Waals surface area contributed by atoms with Crippen LogP contribution in [0.4, 0.5) is 0 Å². The van der Waals surface area contributed by atoms with Crippen LogP contribution < -0.4 is 10.1 Å². The number of rotatable bonds is 8. The maximum atomic E-state index is 13.0. The molecule has 1 amide bonds. The zero-order valence-corrected chi connectivity index (χ0v) is 19.4. The highest BCUT2D eigenvalue weighted by atomic mass is 32.2. The molecule has 0 bridgehead atoms. The summed E-state index contributed by atoms with van der Waals surface area (Å²) in [6, 6.07) is 12.8. The van der Waals surface area contributed by atoms with Crippen molar-refractivity contribution in [2.75, 3.05) is 33.5 Å². The predicted octanol–water partition coefficient (Wildman–Crippen LogP) is 1.32. The zero-order chi connectivity index (χ0) is 23.8. The number of nitriles is 1. The number of hydrogen-bond acceptors (Lipinski definition) is 7. The average Bonchev–Trinajstić information content (AvgIpc) is 3.50. The molecule has 0 saturated heterocycles. The summed E-state index contributed by atoms with van der Waals surface area (Å²) < 4.78 is 32.1. The number of carbonyl (C=O) groups excluding carboxylic acids is 1. The molecule has 1 saturated carbocycles. The lowest BCUT2D eigenvalue weighted by Crippen LogP contribution is -2.39. The van der Waals surface area contributed by atoms with Gasteiger partial charge in [0.25, 0.3) is 0 Å². The number of aromatic nitrogens is 3. The van der Waals surface area contributed by atoms with E-state index in [0.29, 0.717) is 35.6 Å². The number of nitrogens with zero attached hydrogens (tertiary/aromatic N) is 5. The molecule has 1 aromatic carbocycles. The summed E-state index contributed by atoms with van der Waals surface area (Å²) in [5, 5.41) is 16.4. The molecule has 172 valence electrons. The van der Waals surface area contributed by atoms with Crippen molar-refractivity contribution < 1.29 is 17.9 Å². The summed E-state index contributed by atoms with van der Waals surface area (Å²) in [7, 11) is 1.04. The third-order valence-corrected chi connectivity index (χ3v) is 7.63. The van der Waals surface area contributed by atoms with Gasteiger partial charge in [0.2, 0.25) is 15.9 Å². The molecule has 2 aromatic heterocycles. The molecule has 2 heterocycles. The van der Waals surface area contributed by atoms with E-state index in [2.05, 4.69) is 21.5 Å². The first-order valence-electron chi connectivity index (χ1n) is 10.3. The molecule has 0 unspecified atom stereocenters. The minimum absolute atomic E-state index is 0.00821. The van der Waals surface area contributed by atoms with Crippen molar-refractivity contribution in [3.63, 3.8) is 0 Å². The highest BCUT2D eigenvalue weighted by Crippen LogP contribution is 2.47. The normalized spacial score (nSPS) is 14.8. The van der Waals surface area contributed by atoms with Crippen molar-refractivity contribution in [1.29, 1.82) is 5.26 Å². The second kappa shape index (κ2) is 8.46. The Hall–Kier alpha value is -3.49. The maximum absolute atomic E-state index is 13.0. The molecule has 1 fully saturated rings. The number of pyridine rings is 1. The van der Waals surface area contributed by atoms with Crippen molar-refractivity contribution in [3.05, 3.63) is 47.8 Å². The number of sulfonamides is 1. The first-order valence-corrected chi connectivity index (χ1v) is 12.0. The average molecular weight is 469 g/mol. The van der Waals surface area contributed by atoms with Crippen molar-refractivity contribution in [1.82, 2.24) is 24.2 Å². The summed E-state index contributed by atoms with van der Waals surface area (Å²) in [5.41, 5.74) is 1.71. The van der Waals surface area contributed by atoms with Gasteiger partial charge in [-0.05, 0) is 37.1 Å². The highest BCUT2D eigenvalue weighted by molar-refractivity contribution is 7.89. The van der Waals surface area contributed by atoms with Crippen molar-refractivity contribution >= 4 is 21.6 Å². The second-order valence-corrected chi connectivity index (χ2v) is 10.4. The Morgan fingerprint density at radius 3 is 2.52 bits per heavy atom. The van der Waals surface area contributed by atoms with Crippen LogP contribution in [0.5, 0.6) is 5.75 Å². The minimum atomic E-state index is -3.41. The first-order chi connectivity index (χ1) is 15.7. The summed E-state index contributed by atoms with van der Waals surface area (Å²) in [5.74, 6) is 0.414. The Morgan fingerprint density at radius 1 is 1.24 bits per heavy atom. The molecule has 0 spiro atoms. The molecular weight excluding hydrogens is 444 g/mol. The lowest BCUT2D eigenvalue weighted by atomic mass is 10.1. The van der Waals surface area contributed by atoms with Gasteiger partial charge in [0, 0.05) is 26.2 Å². The van der Waals surface area contributed by atoms with Gasteiger partial charge in [0.05, 0.1) is 30.2 Å². The fraction of sp³-hybridized carbons (Fsp3) is 0.364. The van der Waals surface area contributed by atoms with Gasteiger partial charge in [-0.1, -0.05) is 12.1 Å². The first kappa shape index (κ1) is 22.7. The Balaban J connectivity index is 1.65. The molecule has 1 aliphatic carbocycles. The Kier molecular flexibility index (Phi) is 5.82. The second-order valence-electron chi connectivity index (χ2n) is 8.08. The molecule has 4 rings (SSSR count). The number of ether oxygens (including phenoxy) is 1. The van der Waals surface area contributed by atoms with Crippen LogP contribution in [0.15, 0.2) is 36.4 Å². The van der Waals surface area contributed by atoms with E-state index in [1.807, 2.05) is 18.2 Å². The zero-order valence-electron chi connectivity index (χ0n) is 18.6. The quantitative estimate of drug-likeness (QED) is 0.528. The van der Waals surface area contributed by atoms with E-state index in [0.717, 1.165) is 15.6 Å². The van der Waals surface area contributed by atoms with Crippen LogP contribution >= 0.6 is 0 Å². The third kappa shape index (κ3) is 4.15. The minimum Gasteiger partial charge on any atom is -0.493 e. The topological polar surface area (TPSA) is 130 Å². The molecule has 0 atom stereocenters. The van der Waals surface area contributed by atoms with Gasteiger partial charge in [-0.2, -0.15) is 5.26 Å². The third-order valence-electron chi connectivity index (χ3n) is 5.79. The van der Waals surface area contributed by atoms with E-state index in [-0.39, 0.29) is 18.2 Å². The molecular formula is C22H24N6O4S. The largest absolute Gasteiger partial charge is 0.493 e. The molecule has 1 aliphatic rings. The Labute approximate surface area is 191 Å². The summed E-state index contributed by atoms with van der Waals surface area (Å²) in [4.78, 5) is 17.6. The standard InChI is InChI=1S/C22H24N6O4S/c1-27(2)33(30,31)13-12-24-21(29)22(10-11-22)20-25-19-18(32-3)9-8-17(28(19)26-20)16-6-4-15(14-23)5-7-16/h4-9H,10-13H2,1-3H3,(H,24,29). The van der Waals surface area contributed by atoms with Crippen molar-refractivity contribution in [2.45, 2.75) is 18.3 Å². The lowest BCUT2D eigenvalue weighted by Gasteiger charge is -2.14. The fourth-order valence-electron chi connectivity index (χ4n) is 3.56. The van der Waals surface area contributed by atoms with E-state index in [9.17, 15) is 13.2 Å². The highest BCUT2D eigenvalue weighted by Gasteiger charge is 2.54. The van der Waals surface area contributed by atoms with Crippen molar-refractivity contribution in [2.24, 2.45) is 0 Å². The van der Waals surface area contributed by atoms with Crippen LogP contribution in [0, 0.1) is 11.3 Å². The van der Waals surface area contributed by atoms with Gasteiger partial charge in [-0.25, -0.2) is 22.2 Å². The predicted molar refractivity (Wildman–Crippen MR) is 121 cm³/mol. The summed E-state index contributed by atoms with van der Waals surface area (Å²) in [6.07, 6.45) is 1.15. The molecule has 1 N–H and O–H groups in total. The number of nitrogens with one attached hydrogen (secondary N) is 1. The number of methoxy groups -OCH3 is 1. The van der Waals surface area contributed by atoms with Crippen LogP contribution in [0.25, 0.3) is 16.9 Å². The maximum Gasteiger partial charge on any atom is 0.234 e. The summed E-state index contributed by atoms with van der Waals surface area (Å²) >= 11 is 0. The number of carbonyl (C=O) groups is 1. The number of amides is 1. The lowest BCUT2D eigenvalue weighted by molar-refractivity contribution is -0.123. The summed E-state index contributed by atoms with van der Waals surface area (Å²) in [6.45, 7) is 0.00821. The molecule has 10 nitrogen and oxygen atoms in total. The number of benzene rings is 1. The molecule has 3 aromatic rings. The number of fused-ring (bicyclic) bond motifs is 1. The molecule has 0 radical (unpaired) electrons. The van der Waals surface area contributed by atoms with Gasteiger partial charge < -0.3 is 10.1 Å². The molecule has 11 heteroatoms. The Bertz CT molecular complexity index is 1350. The Morgan fingerprint density at radius 2 is 1.94 bits per heavy atom. The fourth-order valence-corrected chi connectivity index (χ4v) is 4.28. The van der Waals surface area contributed by atoms with E-state index < -0.39 is 15.4 Å². The monoisotopic (exact) mass is 468 g/mol. The van der Waals surface area contributed by atoms with Crippen LogP contribution in [0.1, 0.15) is 24.2 Å². The van der Waals surface area contributed by atoms with Gasteiger partial charge in [0.1, 0.15) is 5.41 Å². The molecule has 0 aliphatic heterocycles. The van der Waals surface area contributed by atoms with Gasteiger partial charge >= 0.3 is 0 Å². The number of hydrogen-bond donors (Lipinski definition) is 1. The SMILES string of the molecule is COc1ccc(-c2ccc(C#N)cc2)n2nc(C3(C(=O)NCCS(=O)(=O)N(C)C)CC3)nc12. The van der Waals surface area contributed by atoms with E-state index in [4.69, 9.17) is 10.00 Å². The van der Waals surface area contributed by atoms with Crippen molar-refractivity contribution in [3.8, 4) is 23.1 Å². The molecule has 33 heavy (non-hydrogen) atoms. The van der Waals surface area contributed by atoms with E-state index >= 15 is 0 Å². The van der Waals surface area contributed by atoms with E-state index in [1.54, 1.807) is 22.7 Å². The van der Waals surface area contributed by atoms with Crippen LogP contribution in [-0.4, -0.2) is 66.7 Å².